The number of thiazole rings is 1. The van der Waals surface area contributed by atoms with Crippen molar-refractivity contribution in [1.82, 2.24) is 10.3 Å². The van der Waals surface area contributed by atoms with Crippen molar-refractivity contribution in [1.29, 1.82) is 0 Å². The Bertz CT molecular complexity index is 510. The minimum absolute atomic E-state index is 0.0565. The van der Waals surface area contributed by atoms with Crippen LogP contribution in [0.15, 0.2) is 35.7 Å². The summed E-state index contributed by atoms with van der Waals surface area (Å²) in [7, 11) is 0. The first kappa shape index (κ1) is 15.2. The van der Waals surface area contributed by atoms with Gasteiger partial charge in [0, 0.05) is 24.6 Å². The molecule has 1 aromatic heterocycles. The molecule has 0 fully saturated rings. The van der Waals surface area contributed by atoms with Gasteiger partial charge in [0.2, 0.25) is 0 Å². The van der Waals surface area contributed by atoms with Crippen LogP contribution in [0, 0.1) is 0 Å². The number of hydrogen-bond donors (Lipinski definition) is 1. The predicted octanol–water partition coefficient (Wildman–Crippen LogP) is 3.77. The molecule has 1 heterocycles. The van der Waals surface area contributed by atoms with Crippen LogP contribution in [0.25, 0.3) is 0 Å². The van der Waals surface area contributed by atoms with Gasteiger partial charge in [-0.1, -0.05) is 44.2 Å². The molecule has 108 valence electrons. The second-order valence-electron chi connectivity index (χ2n) is 4.96. The molecule has 4 heteroatoms. The predicted molar refractivity (Wildman–Crippen MR) is 84.0 cm³/mol. The summed E-state index contributed by atoms with van der Waals surface area (Å²) in [5.74, 6) is 0. The van der Waals surface area contributed by atoms with Crippen LogP contribution in [0.1, 0.15) is 43.1 Å². The first-order valence-electron chi connectivity index (χ1n) is 7.05. The zero-order valence-electron chi connectivity index (χ0n) is 12.3. The van der Waals surface area contributed by atoms with E-state index in [2.05, 4.69) is 36.7 Å². The van der Waals surface area contributed by atoms with Crippen molar-refractivity contribution in [3.63, 3.8) is 0 Å². The summed E-state index contributed by atoms with van der Waals surface area (Å²) < 4.78 is 5.88. The van der Waals surface area contributed by atoms with Crippen LogP contribution in [0.4, 0.5) is 0 Å². The number of aromatic nitrogens is 1. The minimum atomic E-state index is -0.0565. The fourth-order valence-corrected chi connectivity index (χ4v) is 2.83. The summed E-state index contributed by atoms with van der Waals surface area (Å²) in [5, 5.41) is 6.53. The Kier molecular flexibility index (Phi) is 5.71. The van der Waals surface area contributed by atoms with Gasteiger partial charge in [-0.25, -0.2) is 4.98 Å². The maximum absolute atomic E-state index is 5.88. The van der Waals surface area contributed by atoms with Crippen LogP contribution in [-0.4, -0.2) is 17.6 Å². The minimum Gasteiger partial charge on any atom is -0.367 e. The normalized spacial score (nSPS) is 12.8. The lowest BCUT2D eigenvalue weighted by atomic mass is 10.1. The highest BCUT2D eigenvalue weighted by Gasteiger charge is 2.17. The van der Waals surface area contributed by atoms with Crippen LogP contribution in [0.5, 0.6) is 0 Å². The van der Waals surface area contributed by atoms with Gasteiger partial charge in [-0.05, 0) is 12.5 Å². The van der Waals surface area contributed by atoms with Crippen LogP contribution in [-0.2, 0) is 11.3 Å². The van der Waals surface area contributed by atoms with Gasteiger partial charge >= 0.3 is 0 Å². The van der Waals surface area contributed by atoms with Crippen molar-refractivity contribution in [2.45, 2.75) is 39.5 Å². The largest absolute Gasteiger partial charge is 0.367 e. The van der Waals surface area contributed by atoms with E-state index in [1.807, 2.05) is 25.1 Å². The lowest BCUT2D eigenvalue weighted by Crippen LogP contribution is -2.22. The van der Waals surface area contributed by atoms with E-state index in [0.29, 0.717) is 12.6 Å². The quantitative estimate of drug-likeness (QED) is 0.843. The fourth-order valence-electron chi connectivity index (χ4n) is 1.94. The number of benzene rings is 1. The Morgan fingerprint density at radius 2 is 2.00 bits per heavy atom. The third-order valence-electron chi connectivity index (χ3n) is 2.92. The molecule has 0 spiro atoms. The van der Waals surface area contributed by atoms with Crippen molar-refractivity contribution in [3.8, 4) is 0 Å². The molecular weight excluding hydrogens is 268 g/mol. The van der Waals surface area contributed by atoms with Gasteiger partial charge < -0.3 is 10.1 Å². The third kappa shape index (κ3) is 4.13. The van der Waals surface area contributed by atoms with Crippen LogP contribution in [0.3, 0.4) is 0 Å². The lowest BCUT2D eigenvalue weighted by molar-refractivity contribution is 0.0910. The van der Waals surface area contributed by atoms with E-state index >= 15 is 0 Å². The molecule has 0 aliphatic carbocycles. The van der Waals surface area contributed by atoms with E-state index in [-0.39, 0.29) is 6.10 Å². The average molecular weight is 290 g/mol. The van der Waals surface area contributed by atoms with Gasteiger partial charge in [-0.15, -0.1) is 11.3 Å². The smallest absolute Gasteiger partial charge is 0.134 e. The molecule has 0 saturated carbocycles. The van der Waals surface area contributed by atoms with Crippen molar-refractivity contribution in [3.05, 3.63) is 52.0 Å². The molecule has 1 unspecified atom stereocenters. The molecule has 20 heavy (non-hydrogen) atoms. The van der Waals surface area contributed by atoms with E-state index < -0.39 is 0 Å². The van der Waals surface area contributed by atoms with Gasteiger partial charge in [-0.2, -0.15) is 0 Å². The maximum Gasteiger partial charge on any atom is 0.134 e. The SMILES string of the molecule is CCOC(c1ccccc1)c1nc(CNC(C)C)cs1. The van der Waals surface area contributed by atoms with Crippen molar-refractivity contribution >= 4 is 11.3 Å². The van der Waals surface area contributed by atoms with E-state index in [9.17, 15) is 0 Å². The Morgan fingerprint density at radius 3 is 2.65 bits per heavy atom. The fraction of sp³-hybridized carbons (Fsp3) is 0.438. The highest BCUT2D eigenvalue weighted by Crippen LogP contribution is 2.28. The van der Waals surface area contributed by atoms with Gasteiger partial charge in [0.1, 0.15) is 11.1 Å². The molecule has 1 N–H and O–H groups in total. The van der Waals surface area contributed by atoms with E-state index in [4.69, 9.17) is 9.72 Å². The van der Waals surface area contributed by atoms with Crippen molar-refractivity contribution in [2.75, 3.05) is 6.61 Å². The van der Waals surface area contributed by atoms with E-state index in [1.54, 1.807) is 11.3 Å². The van der Waals surface area contributed by atoms with Crippen LogP contribution in [0.2, 0.25) is 0 Å². The monoisotopic (exact) mass is 290 g/mol. The summed E-state index contributed by atoms with van der Waals surface area (Å²) in [6.45, 7) is 7.78. The van der Waals surface area contributed by atoms with E-state index in [0.717, 1.165) is 22.8 Å². The van der Waals surface area contributed by atoms with Gasteiger partial charge in [0.05, 0.1) is 5.69 Å². The summed E-state index contributed by atoms with van der Waals surface area (Å²) in [6, 6.07) is 10.7. The lowest BCUT2D eigenvalue weighted by Gasteiger charge is -2.14. The highest BCUT2D eigenvalue weighted by atomic mass is 32.1. The average Bonchev–Trinajstić information content (AvgIpc) is 2.92. The van der Waals surface area contributed by atoms with Gasteiger partial charge in [-0.3, -0.25) is 0 Å². The molecule has 3 nitrogen and oxygen atoms in total. The molecule has 1 atom stereocenters. The van der Waals surface area contributed by atoms with E-state index in [1.165, 1.54) is 0 Å². The zero-order valence-corrected chi connectivity index (χ0v) is 13.1. The topological polar surface area (TPSA) is 34.1 Å². The maximum atomic E-state index is 5.88. The number of hydrogen-bond acceptors (Lipinski definition) is 4. The molecule has 0 amide bonds. The summed E-state index contributed by atoms with van der Waals surface area (Å²) >= 11 is 1.67. The summed E-state index contributed by atoms with van der Waals surface area (Å²) in [4.78, 5) is 4.71. The van der Waals surface area contributed by atoms with Gasteiger partial charge in [0.15, 0.2) is 0 Å². The first-order valence-corrected chi connectivity index (χ1v) is 7.93. The van der Waals surface area contributed by atoms with Crippen molar-refractivity contribution < 1.29 is 4.74 Å². The number of rotatable bonds is 7. The Morgan fingerprint density at radius 1 is 1.25 bits per heavy atom. The van der Waals surface area contributed by atoms with Crippen LogP contribution < -0.4 is 5.32 Å². The molecule has 1 aromatic carbocycles. The molecule has 0 saturated heterocycles. The number of nitrogens with zero attached hydrogens (tertiary/aromatic N) is 1. The molecule has 0 aliphatic heterocycles. The molecule has 2 rings (SSSR count). The number of nitrogens with one attached hydrogen (secondary N) is 1. The molecule has 0 radical (unpaired) electrons. The van der Waals surface area contributed by atoms with Crippen molar-refractivity contribution in [2.24, 2.45) is 0 Å². The summed E-state index contributed by atoms with van der Waals surface area (Å²) in [5.41, 5.74) is 2.24. The first-order chi connectivity index (χ1) is 9.70. The van der Waals surface area contributed by atoms with Crippen LogP contribution >= 0.6 is 11.3 Å². The number of ether oxygens (including phenoxy) is 1. The molecule has 2 aromatic rings. The molecule has 0 aliphatic rings. The van der Waals surface area contributed by atoms with Gasteiger partial charge in [0.25, 0.3) is 0 Å². The third-order valence-corrected chi connectivity index (χ3v) is 3.86. The zero-order chi connectivity index (χ0) is 14.4. The Hall–Kier alpha value is -1.23. The Balaban J connectivity index is 2.14. The standard InChI is InChI=1S/C16H22N2OS/c1-4-19-15(13-8-6-5-7-9-13)16-18-14(11-20-16)10-17-12(2)3/h5-9,11-12,15,17H,4,10H2,1-3H3. The molecule has 0 bridgehead atoms. The second-order valence-corrected chi connectivity index (χ2v) is 5.85. The second kappa shape index (κ2) is 7.53. The highest BCUT2D eigenvalue weighted by molar-refractivity contribution is 7.09. The summed E-state index contributed by atoms with van der Waals surface area (Å²) in [6.07, 6.45) is -0.0565. The molecular formula is C16H22N2OS. The Labute approximate surface area is 125 Å².